The summed E-state index contributed by atoms with van der Waals surface area (Å²) in [6.07, 6.45) is 0.903. The van der Waals surface area contributed by atoms with Crippen molar-refractivity contribution in [2.24, 2.45) is 0 Å². The highest BCUT2D eigenvalue weighted by atomic mass is 16.5. The van der Waals surface area contributed by atoms with Gasteiger partial charge in [-0.2, -0.15) is 0 Å². The lowest BCUT2D eigenvalue weighted by Gasteiger charge is -2.15. The predicted molar refractivity (Wildman–Crippen MR) is 81.9 cm³/mol. The molecule has 0 heterocycles. The number of anilines is 1. The minimum atomic E-state index is 0.591. The Balaban J connectivity index is 2.48. The van der Waals surface area contributed by atoms with Crippen LogP contribution in [-0.4, -0.2) is 54.8 Å². The predicted octanol–water partition coefficient (Wildman–Crippen LogP) is 2.18. The molecule has 0 aliphatic rings. The van der Waals surface area contributed by atoms with E-state index in [-0.39, 0.29) is 0 Å². The Morgan fingerprint density at radius 1 is 0.857 bits per heavy atom. The van der Waals surface area contributed by atoms with Crippen LogP contribution in [0.4, 0.5) is 5.69 Å². The van der Waals surface area contributed by atoms with Crippen LogP contribution in [0.25, 0.3) is 0 Å². The van der Waals surface area contributed by atoms with Crippen LogP contribution in [0.1, 0.15) is 6.42 Å². The van der Waals surface area contributed by atoms with Crippen LogP contribution < -0.4 is 19.5 Å². The molecule has 0 atom stereocenters. The van der Waals surface area contributed by atoms with Crippen LogP contribution >= 0.6 is 0 Å². The zero-order chi connectivity index (χ0) is 15.5. The third-order valence-corrected chi connectivity index (χ3v) is 2.89. The molecule has 0 saturated carbocycles. The molecule has 0 aromatic heterocycles. The fourth-order valence-corrected chi connectivity index (χ4v) is 1.83. The van der Waals surface area contributed by atoms with E-state index in [1.165, 1.54) is 0 Å². The smallest absolute Gasteiger partial charge is 0.203 e. The Morgan fingerprint density at radius 3 is 2.05 bits per heavy atom. The highest BCUT2D eigenvalue weighted by Crippen LogP contribution is 2.39. The topological polar surface area (TPSA) is 58.2 Å². The molecule has 0 amide bonds. The highest BCUT2D eigenvalue weighted by Gasteiger charge is 2.12. The van der Waals surface area contributed by atoms with Crippen LogP contribution in [0, 0.1) is 0 Å². The van der Waals surface area contributed by atoms with Gasteiger partial charge < -0.3 is 29.0 Å². The number of ether oxygens (including phenoxy) is 5. The summed E-state index contributed by atoms with van der Waals surface area (Å²) < 4.78 is 26.2. The van der Waals surface area contributed by atoms with Crippen molar-refractivity contribution in [3.63, 3.8) is 0 Å². The monoisotopic (exact) mass is 299 g/mol. The van der Waals surface area contributed by atoms with E-state index in [2.05, 4.69) is 5.32 Å². The molecule has 0 saturated heterocycles. The van der Waals surface area contributed by atoms with Gasteiger partial charge in [-0.1, -0.05) is 0 Å². The van der Waals surface area contributed by atoms with Crippen molar-refractivity contribution in [2.45, 2.75) is 6.42 Å². The molecule has 120 valence electrons. The number of rotatable bonds is 11. The van der Waals surface area contributed by atoms with Crippen molar-refractivity contribution in [2.75, 3.05) is 60.1 Å². The molecule has 6 nitrogen and oxygen atoms in total. The maximum atomic E-state index is 5.40. The normalized spacial score (nSPS) is 10.3. The molecule has 0 spiro atoms. The summed E-state index contributed by atoms with van der Waals surface area (Å²) in [7, 11) is 6.45. The molecule has 0 aliphatic carbocycles. The van der Waals surface area contributed by atoms with E-state index in [0.717, 1.165) is 18.7 Å². The van der Waals surface area contributed by atoms with E-state index in [9.17, 15) is 0 Å². The number of benzene rings is 1. The van der Waals surface area contributed by atoms with Crippen molar-refractivity contribution in [3.05, 3.63) is 12.1 Å². The summed E-state index contributed by atoms with van der Waals surface area (Å²) in [6, 6.07) is 3.76. The minimum absolute atomic E-state index is 0.591. The Bertz CT molecular complexity index is 386. The van der Waals surface area contributed by atoms with Crippen LogP contribution in [0.5, 0.6) is 17.2 Å². The number of hydrogen-bond acceptors (Lipinski definition) is 6. The van der Waals surface area contributed by atoms with Gasteiger partial charge in [-0.25, -0.2) is 0 Å². The second kappa shape index (κ2) is 10.1. The maximum Gasteiger partial charge on any atom is 0.203 e. The Morgan fingerprint density at radius 2 is 1.52 bits per heavy atom. The molecule has 0 radical (unpaired) electrons. The molecular formula is C15H25NO5. The van der Waals surface area contributed by atoms with E-state index < -0.39 is 0 Å². The van der Waals surface area contributed by atoms with Gasteiger partial charge in [0.05, 0.1) is 34.5 Å². The summed E-state index contributed by atoms with van der Waals surface area (Å²) in [5.74, 6) is 1.86. The highest BCUT2D eigenvalue weighted by molar-refractivity contribution is 5.62. The van der Waals surface area contributed by atoms with Gasteiger partial charge in [0.1, 0.15) is 0 Å². The number of nitrogens with one attached hydrogen (secondary N) is 1. The Kier molecular flexibility index (Phi) is 8.38. The maximum absolute atomic E-state index is 5.40. The first kappa shape index (κ1) is 17.4. The summed E-state index contributed by atoms with van der Waals surface area (Å²) in [5, 5.41) is 3.31. The lowest BCUT2D eigenvalue weighted by molar-refractivity contribution is 0.0705. The van der Waals surface area contributed by atoms with Gasteiger partial charge in [-0.3, -0.25) is 0 Å². The molecule has 1 N–H and O–H groups in total. The van der Waals surface area contributed by atoms with Crippen LogP contribution in [0.2, 0.25) is 0 Å². The van der Waals surface area contributed by atoms with Crippen LogP contribution in [0.15, 0.2) is 12.1 Å². The van der Waals surface area contributed by atoms with Gasteiger partial charge in [-0.05, 0) is 6.42 Å². The third-order valence-electron chi connectivity index (χ3n) is 2.89. The third kappa shape index (κ3) is 5.69. The molecular weight excluding hydrogens is 274 g/mol. The van der Waals surface area contributed by atoms with Gasteiger partial charge in [0.15, 0.2) is 11.5 Å². The fourth-order valence-electron chi connectivity index (χ4n) is 1.83. The van der Waals surface area contributed by atoms with E-state index in [1.807, 2.05) is 12.1 Å². The molecule has 0 fully saturated rings. The minimum Gasteiger partial charge on any atom is -0.493 e. The Labute approximate surface area is 126 Å². The molecule has 0 unspecified atom stereocenters. The lowest BCUT2D eigenvalue weighted by Crippen LogP contribution is -2.08. The number of hydrogen-bond donors (Lipinski definition) is 1. The van der Waals surface area contributed by atoms with Gasteiger partial charge >= 0.3 is 0 Å². The van der Waals surface area contributed by atoms with Gasteiger partial charge in [0.25, 0.3) is 0 Å². The van der Waals surface area contributed by atoms with Crippen molar-refractivity contribution < 1.29 is 23.7 Å². The molecule has 0 bridgehead atoms. The molecule has 6 heteroatoms. The van der Waals surface area contributed by atoms with Gasteiger partial charge in [0, 0.05) is 38.1 Å². The van der Waals surface area contributed by atoms with Crippen molar-refractivity contribution >= 4 is 5.69 Å². The zero-order valence-corrected chi connectivity index (χ0v) is 13.2. The SMILES string of the molecule is COCCOCCCNc1cc(OC)c(OC)c(OC)c1. The summed E-state index contributed by atoms with van der Waals surface area (Å²) in [6.45, 7) is 2.74. The molecule has 1 aromatic carbocycles. The first-order valence-corrected chi connectivity index (χ1v) is 6.87. The van der Waals surface area contributed by atoms with Crippen molar-refractivity contribution in [1.29, 1.82) is 0 Å². The van der Waals surface area contributed by atoms with Crippen molar-refractivity contribution in [1.82, 2.24) is 0 Å². The second-order valence-electron chi connectivity index (χ2n) is 4.30. The first-order valence-electron chi connectivity index (χ1n) is 6.87. The number of methoxy groups -OCH3 is 4. The fraction of sp³-hybridized carbons (Fsp3) is 0.600. The standard InChI is InChI=1S/C15H25NO5/c1-17-8-9-21-7-5-6-16-12-10-13(18-2)15(20-4)14(11-12)19-3/h10-11,16H,5-9H2,1-4H3. The van der Waals surface area contributed by atoms with Crippen molar-refractivity contribution in [3.8, 4) is 17.2 Å². The largest absolute Gasteiger partial charge is 0.493 e. The summed E-state index contributed by atoms with van der Waals surface area (Å²) >= 11 is 0. The molecule has 1 aromatic rings. The van der Waals surface area contributed by atoms with Crippen LogP contribution in [0.3, 0.4) is 0 Å². The van der Waals surface area contributed by atoms with E-state index in [4.69, 9.17) is 23.7 Å². The summed E-state index contributed by atoms with van der Waals surface area (Å²) in [4.78, 5) is 0. The Hall–Kier alpha value is -1.66. The summed E-state index contributed by atoms with van der Waals surface area (Å²) in [5.41, 5.74) is 0.918. The van der Waals surface area contributed by atoms with E-state index in [1.54, 1.807) is 28.4 Å². The van der Waals surface area contributed by atoms with E-state index >= 15 is 0 Å². The average molecular weight is 299 g/mol. The quantitative estimate of drug-likeness (QED) is 0.632. The molecule has 0 aliphatic heterocycles. The first-order chi connectivity index (χ1) is 10.3. The molecule has 21 heavy (non-hydrogen) atoms. The second-order valence-corrected chi connectivity index (χ2v) is 4.30. The average Bonchev–Trinajstić information content (AvgIpc) is 2.52. The zero-order valence-electron chi connectivity index (χ0n) is 13.2. The lowest BCUT2D eigenvalue weighted by atomic mass is 10.2. The van der Waals surface area contributed by atoms with Crippen LogP contribution in [-0.2, 0) is 9.47 Å². The van der Waals surface area contributed by atoms with Gasteiger partial charge in [0.2, 0.25) is 5.75 Å². The molecule has 1 rings (SSSR count). The van der Waals surface area contributed by atoms with Gasteiger partial charge in [-0.15, -0.1) is 0 Å². The van der Waals surface area contributed by atoms with E-state index in [0.29, 0.717) is 37.1 Å².